The summed E-state index contributed by atoms with van der Waals surface area (Å²) in [6.07, 6.45) is 19.7. The molecule has 4 aliphatic carbocycles. The van der Waals surface area contributed by atoms with Gasteiger partial charge in [0.1, 0.15) is 5.60 Å². The SMILES string of the molecule is CCN(CCC(C[CH]c1ccncc1)CCC12CC3CC(CC(C3)C1)C2)C(=O)OC(C)(C)C. The fraction of sp³-hybridized carbons (Fsp3) is 0.759. The van der Waals surface area contributed by atoms with E-state index in [2.05, 4.69) is 30.5 Å². The predicted molar refractivity (Wildman–Crippen MR) is 134 cm³/mol. The Morgan fingerprint density at radius 3 is 2.27 bits per heavy atom. The van der Waals surface area contributed by atoms with Crippen LogP contribution >= 0.6 is 0 Å². The second-order valence-corrected chi connectivity index (χ2v) is 12.4. The zero-order valence-corrected chi connectivity index (χ0v) is 21.4. The molecule has 0 aliphatic heterocycles. The molecule has 0 saturated heterocycles. The number of hydrogen-bond acceptors (Lipinski definition) is 3. The van der Waals surface area contributed by atoms with Crippen LogP contribution in [-0.2, 0) is 4.74 Å². The van der Waals surface area contributed by atoms with E-state index in [4.69, 9.17) is 4.74 Å². The number of hydrogen-bond donors (Lipinski definition) is 0. The molecule has 4 heteroatoms. The van der Waals surface area contributed by atoms with Crippen LogP contribution in [0.2, 0.25) is 0 Å². The molecule has 1 atom stereocenters. The maximum absolute atomic E-state index is 12.7. The quantitative estimate of drug-likeness (QED) is 0.374. The third-order valence-electron chi connectivity index (χ3n) is 8.48. The van der Waals surface area contributed by atoms with E-state index in [1.54, 1.807) is 0 Å². The van der Waals surface area contributed by atoms with Gasteiger partial charge in [-0.2, -0.15) is 0 Å². The molecular weight excluding hydrogens is 408 g/mol. The highest BCUT2D eigenvalue weighted by Crippen LogP contribution is 2.61. The fourth-order valence-electron chi connectivity index (χ4n) is 7.33. The van der Waals surface area contributed by atoms with Crippen LogP contribution in [0.3, 0.4) is 0 Å². The minimum absolute atomic E-state index is 0.178. The molecule has 1 radical (unpaired) electrons. The maximum Gasteiger partial charge on any atom is 0.410 e. The Bertz CT molecular complexity index is 734. The van der Waals surface area contributed by atoms with Gasteiger partial charge in [-0.1, -0.05) is 0 Å². The van der Waals surface area contributed by atoms with Crippen molar-refractivity contribution in [1.82, 2.24) is 9.88 Å². The Morgan fingerprint density at radius 2 is 1.73 bits per heavy atom. The first kappa shape index (κ1) is 24.5. The highest BCUT2D eigenvalue weighted by atomic mass is 16.6. The molecule has 5 rings (SSSR count). The summed E-state index contributed by atoms with van der Waals surface area (Å²) in [5, 5.41) is 0. The lowest BCUT2D eigenvalue weighted by atomic mass is 9.48. The van der Waals surface area contributed by atoms with Crippen molar-refractivity contribution in [3.63, 3.8) is 0 Å². The Morgan fingerprint density at radius 1 is 1.12 bits per heavy atom. The van der Waals surface area contributed by atoms with Crippen LogP contribution in [0.25, 0.3) is 0 Å². The van der Waals surface area contributed by atoms with E-state index in [0.717, 1.165) is 37.1 Å². The predicted octanol–water partition coefficient (Wildman–Crippen LogP) is 7.28. The molecule has 183 valence electrons. The molecule has 1 unspecified atom stereocenters. The Hall–Kier alpha value is -1.58. The maximum atomic E-state index is 12.7. The van der Waals surface area contributed by atoms with Gasteiger partial charge < -0.3 is 9.64 Å². The molecule has 4 nitrogen and oxygen atoms in total. The molecule has 4 bridgehead atoms. The molecule has 4 aliphatic rings. The molecular formula is C29H45N2O2. The molecule has 4 saturated carbocycles. The van der Waals surface area contributed by atoms with E-state index in [1.165, 1.54) is 56.9 Å². The van der Waals surface area contributed by atoms with Crippen molar-refractivity contribution in [3.8, 4) is 0 Å². The first-order valence-electron chi connectivity index (χ1n) is 13.4. The first-order chi connectivity index (χ1) is 15.7. The number of rotatable bonds is 10. The van der Waals surface area contributed by atoms with Crippen LogP contribution < -0.4 is 0 Å². The monoisotopic (exact) mass is 453 g/mol. The Labute approximate surface area is 201 Å². The molecule has 4 fully saturated rings. The van der Waals surface area contributed by atoms with Gasteiger partial charge in [-0.15, -0.1) is 0 Å². The normalized spacial score (nSPS) is 29.2. The molecule has 1 amide bonds. The van der Waals surface area contributed by atoms with E-state index >= 15 is 0 Å². The summed E-state index contributed by atoms with van der Waals surface area (Å²) in [7, 11) is 0. The molecule has 1 heterocycles. The number of carbonyl (C=O) groups excluding carboxylic acids is 1. The number of aromatic nitrogens is 1. The second-order valence-electron chi connectivity index (χ2n) is 12.4. The van der Waals surface area contributed by atoms with E-state index < -0.39 is 5.60 Å². The highest BCUT2D eigenvalue weighted by Gasteiger charge is 2.50. The van der Waals surface area contributed by atoms with Gasteiger partial charge in [0.25, 0.3) is 0 Å². The van der Waals surface area contributed by atoms with Crippen LogP contribution in [0.15, 0.2) is 24.5 Å². The number of amides is 1. The van der Waals surface area contributed by atoms with Gasteiger partial charge in [0.2, 0.25) is 0 Å². The van der Waals surface area contributed by atoms with Crippen molar-refractivity contribution in [2.45, 2.75) is 97.5 Å². The summed E-state index contributed by atoms with van der Waals surface area (Å²) in [6.45, 7) is 9.35. The molecule has 0 aromatic carbocycles. The molecule has 33 heavy (non-hydrogen) atoms. The van der Waals surface area contributed by atoms with Crippen LogP contribution in [0, 0.1) is 35.5 Å². The van der Waals surface area contributed by atoms with Gasteiger partial charge in [-0.3, -0.25) is 4.98 Å². The number of carbonyl (C=O) groups is 1. The van der Waals surface area contributed by atoms with Crippen LogP contribution in [0.5, 0.6) is 0 Å². The Balaban J connectivity index is 1.36. The third kappa shape index (κ3) is 6.73. The largest absolute Gasteiger partial charge is 0.444 e. The van der Waals surface area contributed by atoms with Crippen molar-refractivity contribution in [3.05, 3.63) is 36.5 Å². The van der Waals surface area contributed by atoms with Gasteiger partial charge >= 0.3 is 6.09 Å². The average molecular weight is 454 g/mol. The topological polar surface area (TPSA) is 42.4 Å². The molecule has 0 N–H and O–H groups in total. The summed E-state index contributed by atoms with van der Waals surface area (Å²) in [5.41, 5.74) is 1.43. The van der Waals surface area contributed by atoms with Crippen molar-refractivity contribution in [1.29, 1.82) is 0 Å². The highest BCUT2D eigenvalue weighted by molar-refractivity contribution is 5.68. The molecule has 0 spiro atoms. The van der Waals surface area contributed by atoms with Gasteiger partial charge in [0.05, 0.1) is 0 Å². The summed E-state index contributed by atoms with van der Waals surface area (Å²) in [4.78, 5) is 18.7. The van der Waals surface area contributed by atoms with E-state index in [9.17, 15) is 4.79 Å². The van der Waals surface area contributed by atoms with Crippen LogP contribution in [-0.4, -0.2) is 34.7 Å². The van der Waals surface area contributed by atoms with E-state index in [0.29, 0.717) is 17.9 Å². The lowest BCUT2D eigenvalue weighted by Crippen LogP contribution is -2.46. The first-order valence-corrected chi connectivity index (χ1v) is 13.4. The number of ether oxygens (including phenoxy) is 1. The number of nitrogens with zero attached hydrogens (tertiary/aromatic N) is 2. The zero-order chi connectivity index (χ0) is 23.5. The van der Waals surface area contributed by atoms with Gasteiger partial charge in [-0.05, 0) is 145 Å². The van der Waals surface area contributed by atoms with Gasteiger partial charge in [0, 0.05) is 25.5 Å². The van der Waals surface area contributed by atoms with E-state index in [1.807, 2.05) is 38.1 Å². The second kappa shape index (κ2) is 10.4. The van der Waals surface area contributed by atoms with Crippen molar-refractivity contribution >= 4 is 6.09 Å². The van der Waals surface area contributed by atoms with E-state index in [-0.39, 0.29) is 6.09 Å². The minimum atomic E-state index is -0.447. The van der Waals surface area contributed by atoms with Crippen molar-refractivity contribution in [2.24, 2.45) is 29.1 Å². The smallest absolute Gasteiger partial charge is 0.410 e. The Kier molecular flexibility index (Phi) is 7.70. The summed E-state index contributed by atoms with van der Waals surface area (Å²) >= 11 is 0. The van der Waals surface area contributed by atoms with Crippen LogP contribution in [0.4, 0.5) is 4.79 Å². The summed E-state index contributed by atoms with van der Waals surface area (Å²) in [5.74, 6) is 3.64. The number of pyridine rings is 1. The van der Waals surface area contributed by atoms with Gasteiger partial charge in [0.15, 0.2) is 0 Å². The van der Waals surface area contributed by atoms with Gasteiger partial charge in [-0.25, -0.2) is 4.79 Å². The molecule has 1 aromatic rings. The van der Waals surface area contributed by atoms with Crippen molar-refractivity contribution < 1.29 is 9.53 Å². The minimum Gasteiger partial charge on any atom is -0.444 e. The van der Waals surface area contributed by atoms with Crippen LogP contribution in [0.1, 0.15) is 97.5 Å². The van der Waals surface area contributed by atoms with Crippen molar-refractivity contribution in [2.75, 3.05) is 13.1 Å². The molecule has 1 aromatic heterocycles. The summed E-state index contributed by atoms with van der Waals surface area (Å²) in [6, 6.07) is 4.18. The average Bonchev–Trinajstić information content (AvgIpc) is 2.74. The fourth-order valence-corrected chi connectivity index (χ4v) is 7.33. The summed E-state index contributed by atoms with van der Waals surface area (Å²) < 4.78 is 5.65. The third-order valence-corrected chi connectivity index (χ3v) is 8.48. The lowest BCUT2D eigenvalue weighted by molar-refractivity contribution is -0.0602. The zero-order valence-electron chi connectivity index (χ0n) is 21.4. The lowest BCUT2D eigenvalue weighted by Gasteiger charge is -2.57. The standard InChI is InChI=1S/C29H45N2O2/c1-5-31(27(32)33-28(2,3)4)15-11-22(6-7-23-9-13-30-14-10-23)8-12-29-19-24-16-25(20-29)18-26(17-24)21-29/h7,9-10,13-14,22,24-26H,5-6,8,11-12,15-21H2,1-4H3.